The van der Waals surface area contributed by atoms with Gasteiger partial charge < -0.3 is 25.1 Å². The Morgan fingerprint density at radius 3 is 2.55 bits per heavy atom. The van der Waals surface area contributed by atoms with E-state index < -0.39 is 35.9 Å². The van der Waals surface area contributed by atoms with Crippen molar-refractivity contribution in [1.29, 1.82) is 0 Å². The number of carboxylic acids is 1. The Hall–Kier alpha value is -2.34. The molecule has 0 aliphatic carbocycles. The molecule has 2 aliphatic heterocycles. The minimum atomic E-state index is -1.29. The molecule has 0 unspecified atom stereocenters. The molecule has 104 valence electrons. The van der Waals surface area contributed by atoms with Gasteiger partial charge in [0.05, 0.1) is 18.1 Å². The van der Waals surface area contributed by atoms with Crippen LogP contribution in [0.5, 0.6) is 5.75 Å². The fraction of sp³-hybridized carbons (Fsp3) is 0.286. The van der Waals surface area contributed by atoms with Crippen molar-refractivity contribution in [3.05, 3.63) is 36.4 Å². The summed E-state index contributed by atoms with van der Waals surface area (Å²) in [7, 11) is 0. The SMILES string of the molecule is O=C([O-])[C@@H]1[C@H](C(=O)Nc2cccc(O)c2)[C@@H]2C=C[C@H]1O2. The van der Waals surface area contributed by atoms with Crippen molar-refractivity contribution in [2.24, 2.45) is 11.8 Å². The molecule has 1 amide bonds. The molecule has 1 fully saturated rings. The molecule has 0 spiro atoms. The van der Waals surface area contributed by atoms with Gasteiger partial charge in [-0.2, -0.15) is 0 Å². The summed E-state index contributed by atoms with van der Waals surface area (Å²) < 4.78 is 5.40. The van der Waals surface area contributed by atoms with Gasteiger partial charge in [-0.1, -0.05) is 18.2 Å². The van der Waals surface area contributed by atoms with E-state index in [-0.39, 0.29) is 5.75 Å². The van der Waals surface area contributed by atoms with Crippen LogP contribution >= 0.6 is 0 Å². The number of carboxylic acid groups (broad SMARTS) is 1. The molecule has 6 nitrogen and oxygen atoms in total. The zero-order valence-electron chi connectivity index (χ0n) is 10.4. The lowest BCUT2D eigenvalue weighted by Gasteiger charge is -2.24. The number of anilines is 1. The Bertz CT molecular complexity index is 597. The number of aromatic hydroxyl groups is 1. The predicted molar refractivity (Wildman–Crippen MR) is 66.5 cm³/mol. The highest BCUT2D eigenvalue weighted by molar-refractivity contribution is 5.96. The van der Waals surface area contributed by atoms with E-state index in [9.17, 15) is 19.8 Å². The van der Waals surface area contributed by atoms with Crippen LogP contribution in [0.3, 0.4) is 0 Å². The first-order chi connectivity index (χ1) is 9.56. The van der Waals surface area contributed by atoms with E-state index in [1.807, 2.05) is 0 Å². The smallest absolute Gasteiger partial charge is 0.231 e. The number of rotatable bonds is 3. The Morgan fingerprint density at radius 2 is 1.90 bits per heavy atom. The minimum absolute atomic E-state index is 0.0170. The average molecular weight is 274 g/mol. The Morgan fingerprint density at radius 1 is 1.20 bits per heavy atom. The second-order valence-electron chi connectivity index (χ2n) is 4.86. The highest BCUT2D eigenvalue weighted by Crippen LogP contribution is 2.39. The number of nitrogens with one attached hydrogen (secondary N) is 1. The number of aliphatic carboxylic acids is 1. The third-order valence-electron chi connectivity index (χ3n) is 3.59. The van der Waals surface area contributed by atoms with Gasteiger partial charge in [0.15, 0.2) is 0 Å². The van der Waals surface area contributed by atoms with Crippen LogP contribution in [-0.2, 0) is 14.3 Å². The Labute approximate surface area is 114 Å². The number of carbonyl (C=O) groups excluding carboxylic acids is 2. The summed E-state index contributed by atoms with van der Waals surface area (Å²) in [5.74, 6) is -3.54. The fourth-order valence-corrected chi connectivity index (χ4v) is 2.71. The second kappa shape index (κ2) is 4.64. The van der Waals surface area contributed by atoms with Gasteiger partial charge in [0, 0.05) is 23.6 Å². The number of benzene rings is 1. The van der Waals surface area contributed by atoms with Crippen LogP contribution in [0.25, 0.3) is 0 Å². The van der Waals surface area contributed by atoms with Crippen molar-refractivity contribution >= 4 is 17.6 Å². The first-order valence-electron chi connectivity index (χ1n) is 6.21. The van der Waals surface area contributed by atoms with Gasteiger partial charge in [0.2, 0.25) is 5.91 Å². The van der Waals surface area contributed by atoms with E-state index in [1.54, 1.807) is 24.3 Å². The topological polar surface area (TPSA) is 98.7 Å². The number of carbonyl (C=O) groups is 2. The molecule has 2 aliphatic rings. The molecule has 0 aromatic heterocycles. The quantitative estimate of drug-likeness (QED) is 0.734. The van der Waals surface area contributed by atoms with Crippen molar-refractivity contribution in [2.75, 3.05) is 5.32 Å². The first kappa shape index (κ1) is 12.7. The summed E-state index contributed by atoms with van der Waals surface area (Å²) in [6.07, 6.45) is 2.19. The van der Waals surface area contributed by atoms with Gasteiger partial charge in [-0.05, 0) is 12.1 Å². The maximum Gasteiger partial charge on any atom is 0.231 e. The van der Waals surface area contributed by atoms with Gasteiger partial charge in [-0.3, -0.25) is 4.79 Å². The fourth-order valence-electron chi connectivity index (χ4n) is 2.71. The van der Waals surface area contributed by atoms with Crippen LogP contribution in [0.1, 0.15) is 0 Å². The van der Waals surface area contributed by atoms with E-state index in [2.05, 4.69) is 5.32 Å². The third kappa shape index (κ3) is 2.04. The summed E-state index contributed by atoms with van der Waals surface area (Å²) in [5.41, 5.74) is 0.402. The monoisotopic (exact) mass is 274 g/mol. The number of ether oxygens (including phenoxy) is 1. The lowest BCUT2D eigenvalue weighted by Crippen LogP contribution is -2.45. The summed E-state index contributed by atoms with van der Waals surface area (Å²) in [4.78, 5) is 23.4. The van der Waals surface area contributed by atoms with E-state index in [0.717, 1.165) is 0 Å². The van der Waals surface area contributed by atoms with Crippen molar-refractivity contribution in [3.63, 3.8) is 0 Å². The van der Waals surface area contributed by atoms with Gasteiger partial charge in [-0.15, -0.1) is 0 Å². The van der Waals surface area contributed by atoms with Crippen LogP contribution < -0.4 is 10.4 Å². The van der Waals surface area contributed by atoms with Crippen LogP contribution in [-0.4, -0.2) is 29.2 Å². The van der Waals surface area contributed by atoms with Gasteiger partial charge >= 0.3 is 0 Å². The summed E-state index contributed by atoms with van der Waals surface area (Å²) in [5, 5.41) is 23.1. The van der Waals surface area contributed by atoms with E-state index in [1.165, 1.54) is 12.1 Å². The Kier molecular flexibility index (Phi) is 2.94. The molecule has 0 saturated carbocycles. The third-order valence-corrected chi connectivity index (χ3v) is 3.59. The molecule has 3 rings (SSSR count). The maximum atomic E-state index is 12.2. The van der Waals surface area contributed by atoms with E-state index in [0.29, 0.717) is 5.69 Å². The summed E-state index contributed by atoms with van der Waals surface area (Å²) in [6.45, 7) is 0. The molecule has 2 bridgehead atoms. The van der Waals surface area contributed by atoms with E-state index >= 15 is 0 Å². The second-order valence-corrected chi connectivity index (χ2v) is 4.86. The standard InChI is InChI=1S/C14H13NO5/c16-8-3-1-2-7(6-8)15-13(17)11-9-4-5-10(20-9)12(11)14(18)19/h1-6,9-12,16H,(H,15,17)(H,18,19)/p-1/t9-,10+,11+,12-/m0/s1. The number of hydrogen-bond acceptors (Lipinski definition) is 5. The van der Waals surface area contributed by atoms with Crippen molar-refractivity contribution < 1.29 is 24.5 Å². The van der Waals surface area contributed by atoms with Crippen molar-refractivity contribution in [3.8, 4) is 5.75 Å². The Balaban J connectivity index is 1.80. The zero-order valence-corrected chi connectivity index (χ0v) is 10.4. The van der Waals surface area contributed by atoms with Crippen molar-refractivity contribution in [2.45, 2.75) is 12.2 Å². The molecule has 1 aromatic carbocycles. The number of phenolic OH excluding ortho intramolecular Hbond substituents is 1. The van der Waals surface area contributed by atoms with Gasteiger partial charge in [0.1, 0.15) is 5.75 Å². The number of hydrogen-bond donors (Lipinski definition) is 2. The molecular weight excluding hydrogens is 262 g/mol. The summed E-state index contributed by atoms with van der Waals surface area (Å²) in [6, 6.07) is 6.05. The maximum absolute atomic E-state index is 12.2. The van der Waals surface area contributed by atoms with Crippen LogP contribution in [0.15, 0.2) is 36.4 Å². The highest BCUT2D eigenvalue weighted by atomic mass is 16.5. The lowest BCUT2D eigenvalue weighted by atomic mass is 9.82. The normalized spacial score (nSPS) is 30.4. The minimum Gasteiger partial charge on any atom is -0.550 e. The molecule has 2 N–H and O–H groups in total. The molecule has 2 heterocycles. The van der Waals surface area contributed by atoms with Crippen LogP contribution in [0.2, 0.25) is 0 Å². The van der Waals surface area contributed by atoms with E-state index in [4.69, 9.17) is 4.74 Å². The molecule has 20 heavy (non-hydrogen) atoms. The molecular formula is C14H12NO5-. The highest BCUT2D eigenvalue weighted by Gasteiger charge is 2.50. The lowest BCUT2D eigenvalue weighted by molar-refractivity contribution is -0.313. The zero-order chi connectivity index (χ0) is 14.3. The molecule has 1 aromatic rings. The van der Waals surface area contributed by atoms with Crippen molar-refractivity contribution in [1.82, 2.24) is 0 Å². The molecule has 6 heteroatoms. The largest absolute Gasteiger partial charge is 0.550 e. The van der Waals surface area contributed by atoms with Gasteiger partial charge in [-0.25, -0.2) is 0 Å². The van der Waals surface area contributed by atoms with Gasteiger partial charge in [0.25, 0.3) is 0 Å². The number of phenols is 1. The average Bonchev–Trinajstić information content (AvgIpc) is 2.98. The number of amides is 1. The van der Waals surface area contributed by atoms with Crippen LogP contribution in [0.4, 0.5) is 5.69 Å². The van der Waals surface area contributed by atoms with Crippen LogP contribution in [0, 0.1) is 11.8 Å². The molecule has 0 radical (unpaired) electrons. The predicted octanol–water partition coefficient (Wildman–Crippen LogP) is -0.350. The number of fused-ring (bicyclic) bond motifs is 2. The summed E-state index contributed by atoms with van der Waals surface area (Å²) >= 11 is 0. The molecule has 1 saturated heterocycles. The molecule has 4 atom stereocenters. The first-order valence-corrected chi connectivity index (χ1v) is 6.21.